The molecule has 4 heteroatoms. The van der Waals surface area contributed by atoms with E-state index in [1.807, 2.05) is 54.7 Å². The quantitative estimate of drug-likeness (QED) is 0.470. The van der Waals surface area contributed by atoms with Crippen LogP contribution in [0.1, 0.15) is 0 Å². The van der Waals surface area contributed by atoms with Crippen LogP contribution in [0.4, 0.5) is 0 Å². The molecule has 0 saturated carbocycles. The molecule has 5 N–H and O–H groups in total. The molecule has 1 aliphatic rings. The Bertz CT molecular complexity index is 1260. The van der Waals surface area contributed by atoms with E-state index in [0.717, 1.165) is 32.1 Å². The molecule has 0 aliphatic carbocycles. The average Bonchev–Trinajstić information content (AvgIpc) is 3.31. The van der Waals surface area contributed by atoms with Crippen LogP contribution in [0.3, 0.4) is 0 Å². The summed E-state index contributed by atoms with van der Waals surface area (Å²) in [5, 5.41) is 6.14. The van der Waals surface area contributed by atoms with E-state index in [9.17, 15) is 0 Å². The molecule has 0 fully saturated rings. The van der Waals surface area contributed by atoms with E-state index in [1.54, 1.807) is 0 Å². The van der Waals surface area contributed by atoms with Crippen LogP contribution in [0, 0.1) is 10.7 Å². The highest BCUT2D eigenvalue weighted by Gasteiger charge is 1.90. The lowest BCUT2D eigenvalue weighted by atomic mass is 10.3. The minimum absolute atomic E-state index is 0.702. The van der Waals surface area contributed by atoms with Crippen molar-refractivity contribution in [2.45, 2.75) is 0 Å². The zero-order valence-corrected chi connectivity index (χ0v) is 13.1. The van der Waals surface area contributed by atoms with Crippen LogP contribution >= 0.6 is 0 Å². The predicted octanol–water partition coefficient (Wildman–Crippen LogP) is 0.192. The number of aromatic amines is 3. The molecule has 118 valence electrons. The van der Waals surface area contributed by atoms with Gasteiger partial charge in [-0.05, 0) is 60.7 Å². The van der Waals surface area contributed by atoms with Crippen LogP contribution in [0.5, 0.6) is 0 Å². The highest BCUT2D eigenvalue weighted by atomic mass is 14.7. The van der Waals surface area contributed by atoms with E-state index < -0.39 is 0 Å². The molecule has 0 radical (unpaired) electrons. The molecule has 4 rings (SSSR count). The van der Waals surface area contributed by atoms with Crippen molar-refractivity contribution < 1.29 is 0 Å². The molecule has 4 nitrogen and oxygen atoms in total. The van der Waals surface area contributed by atoms with Crippen molar-refractivity contribution in [3.8, 4) is 0 Å². The highest BCUT2D eigenvalue weighted by molar-refractivity contribution is 5.59. The lowest BCUT2D eigenvalue weighted by Gasteiger charge is -1.87. The van der Waals surface area contributed by atoms with Crippen LogP contribution in [0.25, 0.3) is 23.9 Å². The van der Waals surface area contributed by atoms with Gasteiger partial charge < -0.3 is 20.7 Å². The Hall–Kier alpha value is -3.40. The molecule has 0 amide bonds. The van der Waals surface area contributed by atoms with E-state index >= 15 is 0 Å². The van der Waals surface area contributed by atoms with Crippen LogP contribution in [-0.4, -0.2) is 15.0 Å². The normalized spacial score (nSPS) is 13.8. The number of H-pyrrole nitrogens is 3. The van der Waals surface area contributed by atoms with Gasteiger partial charge in [-0.1, -0.05) is 18.2 Å². The second-order valence-electron chi connectivity index (χ2n) is 5.68. The van der Waals surface area contributed by atoms with Gasteiger partial charge in [0.25, 0.3) is 0 Å². The van der Waals surface area contributed by atoms with Gasteiger partial charge in [-0.25, -0.2) is 0 Å². The van der Waals surface area contributed by atoms with E-state index in [2.05, 4.69) is 39.2 Å². The Kier molecular flexibility index (Phi) is 3.56. The molecule has 0 aromatic carbocycles. The van der Waals surface area contributed by atoms with Crippen LogP contribution in [-0.2, 0) is 0 Å². The third-order valence-electron chi connectivity index (χ3n) is 3.94. The maximum absolute atomic E-state index is 6.10. The molecule has 1 aliphatic heterocycles. The van der Waals surface area contributed by atoms with Gasteiger partial charge in [0, 0.05) is 16.0 Å². The summed E-state index contributed by atoms with van der Waals surface area (Å²) in [7, 11) is 0. The minimum atomic E-state index is 0.702. The molecule has 3 aromatic rings. The fourth-order valence-electron chi connectivity index (χ4n) is 2.66. The van der Waals surface area contributed by atoms with Gasteiger partial charge in [0.15, 0.2) is 0 Å². The number of hydrogen-bond acceptors (Lipinski definition) is 1. The number of nitrogens with one attached hydrogen (secondary N) is 3. The first kappa shape index (κ1) is 14.2. The third kappa shape index (κ3) is 2.90. The van der Waals surface area contributed by atoms with Crippen molar-refractivity contribution in [1.29, 1.82) is 0 Å². The van der Waals surface area contributed by atoms with Gasteiger partial charge in [0.2, 0.25) is 0 Å². The fraction of sp³-hybridized carbons (Fsp3) is 0. The fourth-order valence-corrected chi connectivity index (χ4v) is 2.66. The Balaban J connectivity index is 2.00. The number of allylic oxidation sites excluding steroid dienone is 3. The number of fused-ring (bicyclic) bond motifs is 6. The first-order valence-corrected chi connectivity index (χ1v) is 7.84. The molecule has 6 bridgehead atoms. The summed E-state index contributed by atoms with van der Waals surface area (Å²) in [4.78, 5) is 10.1. The Morgan fingerprint density at radius 2 is 1.08 bits per heavy atom. The predicted molar refractivity (Wildman–Crippen MR) is 97.8 cm³/mol. The van der Waals surface area contributed by atoms with Gasteiger partial charge in [0.1, 0.15) is 0 Å². The van der Waals surface area contributed by atoms with Crippen LogP contribution in [0.15, 0.2) is 60.7 Å². The number of rotatable bonds is 0. The number of aromatic nitrogens is 3. The van der Waals surface area contributed by atoms with Gasteiger partial charge in [-0.3, -0.25) is 0 Å². The minimum Gasteiger partial charge on any atom is -0.397 e. The summed E-state index contributed by atoms with van der Waals surface area (Å²) in [6, 6.07) is 12.3. The van der Waals surface area contributed by atoms with Crippen LogP contribution < -0.4 is 27.1 Å². The van der Waals surface area contributed by atoms with Crippen molar-refractivity contribution in [3.05, 3.63) is 92.8 Å². The van der Waals surface area contributed by atoms with Crippen molar-refractivity contribution in [2.24, 2.45) is 5.73 Å². The zero-order chi connectivity index (χ0) is 16.4. The first-order valence-electron chi connectivity index (χ1n) is 7.84. The number of nitrogens with two attached hydrogens (primary N) is 1. The van der Waals surface area contributed by atoms with Crippen molar-refractivity contribution in [3.63, 3.8) is 0 Å². The number of hydrogen-bond donors (Lipinski definition) is 4. The van der Waals surface area contributed by atoms with Gasteiger partial charge in [-0.15, -0.1) is 0 Å². The Morgan fingerprint density at radius 3 is 1.75 bits per heavy atom. The summed E-state index contributed by atoms with van der Waals surface area (Å²) < 4.78 is 0. The molecule has 3 aromatic heterocycles. The molecular formula is C20H18N4. The van der Waals surface area contributed by atoms with Crippen LogP contribution in [0.2, 0.25) is 0 Å². The van der Waals surface area contributed by atoms with E-state index in [-0.39, 0.29) is 0 Å². The Labute approximate surface area is 138 Å². The third-order valence-corrected chi connectivity index (χ3v) is 3.94. The van der Waals surface area contributed by atoms with Gasteiger partial charge >= 0.3 is 0 Å². The topological polar surface area (TPSA) is 73.4 Å². The first-order chi connectivity index (χ1) is 11.8. The average molecular weight is 314 g/mol. The lowest BCUT2D eigenvalue weighted by Crippen LogP contribution is -2.16. The molecular weight excluding hydrogens is 296 g/mol. The molecule has 0 saturated heterocycles. The zero-order valence-electron chi connectivity index (χ0n) is 13.1. The SMILES string of the molecule is NC1=c2ccc([nH]2)=CC=c2ccc([nH]2)=c2ccc([nH]2)=CC=CC=C1. The highest BCUT2D eigenvalue weighted by Crippen LogP contribution is 1.89. The molecule has 0 atom stereocenters. The van der Waals surface area contributed by atoms with E-state index in [4.69, 9.17) is 5.73 Å². The summed E-state index contributed by atoms with van der Waals surface area (Å²) in [5.41, 5.74) is 6.80. The standard InChI is InChI=1S/C20H18N4/c21-17-5-3-1-2-4-14-9-12-19(23-14)20-13-10-16(24-20)7-6-15-8-11-18(17)22-15/h1-13,22-24H,21H2. The smallest absolute Gasteiger partial charge is 0.0624 e. The molecule has 0 unspecified atom stereocenters. The summed E-state index contributed by atoms with van der Waals surface area (Å²) in [6.07, 6.45) is 13.9. The van der Waals surface area contributed by atoms with Crippen molar-refractivity contribution >= 4 is 23.9 Å². The second-order valence-corrected chi connectivity index (χ2v) is 5.68. The van der Waals surface area contributed by atoms with Crippen molar-refractivity contribution in [2.75, 3.05) is 0 Å². The Morgan fingerprint density at radius 1 is 0.542 bits per heavy atom. The second kappa shape index (κ2) is 6.01. The van der Waals surface area contributed by atoms with E-state index in [0.29, 0.717) is 5.70 Å². The van der Waals surface area contributed by atoms with Gasteiger partial charge in [0.05, 0.1) is 21.7 Å². The summed E-state index contributed by atoms with van der Waals surface area (Å²) in [5.74, 6) is 0. The largest absolute Gasteiger partial charge is 0.397 e. The van der Waals surface area contributed by atoms with Crippen molar-refractivity contribution in [1.82, 2.24) is 15.0 Å². The molecule has 4 heterocycles. The lowest BCUT2D eigenvalue weighted by molar-refractivity contribution is 1.18. The molecule has 24 heavy (non-hydrogen) atoms. The molecule has 0 spiro atoms. The maximum atomic E-state index is 6.10. The maximum Gasteiger partial charge on any atom is 0.0624 e. The van der Waals surface area contributed by atoms with E-state index in [1.165, 1.54) is 0 Å². The van der Waals surface area contributed by atoms with Gasteiger partial charge in [-0.2, -0.15) is 0 Å². The summed E-state index contributed by atoms with van der Waals surface area (Å²) >= 11 is 0. The monoisotopic (exact) mass is 314 g/mol. The summed E-state index contributed by atoms with van der Waals surface area (Å²) in [6.45, 7) is 0.